The van der Waals surface area contributed by atoms with E-state index in [4.69, 9.17) is 0 Å². The monoisotopic (exact) mass is 264 g/mol. The number of hydrogen-bond donors (Lipinski definition) is 1. The summed E-state index contributed by atoms with van der Waals surface area (Å²) in [7, 11) is 1.75. The molecule has 1 heterocycles. The maximum Gasteiger partial charge on any atom is 0.194 e. The molecule has 0 aliphatic heterocycles. The quantitative estimate of drug-likeness (QED) is 0.512. The first-order chi connectivity index (χ1) is 9.76. The highest BCUT2D eigenvalue weighted by atomic mass is 16.1. The number of nitrogens with zero attached hydrogens (tertiary/aromatic N) is 1. The molecule has 0 atom stereocenters. The maximum atomic E-state index is 12.4. The van der Waals surface area contributed by atoms with Gasteiger partial charge in [-0.05, 0) is 17.7 Å². The Morgan fingerprint density at radius 2 is 2.05 bits per heavy atom. The van der Waals surface area contributed by atoms with Crippen LogP contribution in [0.1, 0.15) is 10.4 Å². The zero-order chi connectivity index (χ0) is 14.4. The van der Waals surface area contributed by atoms with Crippen molar-refractivity contribution in [3.63, 3.8) is 0 Å². The van der Waals surface area contributed by atoms with Crippen molar-refractivity contribution in [2.24, 2.45) is 0 Å². The third-order valence-electron chi connectivity index (χ3n) is 2.90. The summed E-state index contributed by atoms with van der Waals surface area (Å²) in [5.74, 6) is -0.0555. The zero-order valence-corrected chi connectivity index (χ0v) is 11.3. The van der Waals surface area contributed by atoms with Crippen LogP contribution < -0.4 is 5.32 Å². The molecule has 0 saturated carbocycles. The van der Waals surface area contributed by atoms with Gasteiger partial charge in [0.15, 0.2) is 5.78 Å². The van der Waals surface area contributed by atoms with E-state index in [1.165, 1.54) is 0 Å². The largest absolute Gasteiger partial charge is 0.393 e. The van der Waals surface area contributed by atoms with Crippen LogP contribution in [-0.4, -0.2) is 17.8 Å². The molecule has 0 aliphatic carbocycles. The van der Waals surface area contributed by atoms with Gasteiger partial charge in [0, 0.05) is 42.3 Å². The summed E-state index contributed by atoms with van der Waals surface area (Å²) in [5.41, 5.74) is 3.13. The van der Waals surface area contributed by atoms with Crippen LogP contribution in [0.3, 0.4) is 0 Å². The molecule has 0 unspecified atom stereocenters. The van der Waals surface area contributed by atoms with Gasteiger partial charge in [0.1, 0.15) is 0 Å². The van der Waals surface area contributed by atoms with Crippen LogP contribution in [0.2, 0.25) is 0 Å². The van der Waals surface area contributed by atoms with Gasteiger partial charge in [0.2, 0.25) is 0 Å². The lowest BCUT2D eigenvalue weighted by atomic mass is 9.99. The number of pyridine rings is 1. The molecule has 0 fully saturated rings. The number of carbonyl (C=O) groups excluding carboxylic acids is 1. The molecular formula is C17H16N2O. The third kappa shape index (κ3) is 3.01. The fourth-order valence-corrected chi connectivity index (χ4v) is 1.91. The highest BCUT2D eigenvalue weighted by Crippen LogP contribution is 2.20. The van der Waals surface area contributed by atoms with Crippen LogP contribution >= 0.6 is 0 Å². The first-order valence-electron chi connectivity index (χ1n) is 6.31. The summed E-state index contributed by atoms with van der Waals surface area (Å²) in [6.07, 6.45) is 6.70. The van der Waals surface area contributed by atoms with Gasteiger partial charge in [0.05, 0.1) is 0 Å². The molecule has 0 bridgehead atoms. The van der Waals surface area contributed by atoms with Crippen LogP contribution in [0, 0.1) is 0 Å². The lowest BCUT2D eigenvalue weighted by Crippen LogP contribution is -2.06. The average Bonchev–Trinajstić information content (AvgIpc) is 2.53. The molecule has 3 heteroatoms. The van der Waals surface area contributed by atoms with Gasteiger partial charge in [-0.3, -0.25) is 9.78 Å². The van der Waals surface area contributed by atoms with Gasteiger partial charge in [0.25, 0.3) is 0 Å². The maximum absolute atomic E-state index is 12.4. The Bertz CT molecular complexity index is 645. The van der Waals surface area contributed by atoms with Crippen LogP contribution in [0.4, 0.5) is 0 Å². The number of aromatic nitrogens is 1. The standard InChI is InChI=1S/C17H16N2O/c1-3-13(11-18-2)17(20)15-7-4-6-14(10-15)16-8-5-9-19-12-16/h3-12,18H,1H2,2H3/b13-11+. The van der Waals surface area contributed by atoms with Crippen LogP contribution in [0.5, 0.6) is 0 Å². The van der Waals surface area contributed by atoms with Crippen molar-refractivity contribution in [2.45, 2.75) is 0 Å². The van der Waals surface area contributed by atoms with Gasteiger partial charge >= 0.3 is 0 Å². The Hall–Kier alpha value is -2.68. The number of rotatable bonds is 5. The lowest BCUT2D eigenvalue weighted by Gasteiger charge is -2.05. The predicted molar refractivity (Wildman–Crippen MR) is 81.3 cm³/mol. The van der Waals surface area contributed by atoms with Crippen molar-refractivity contribution < 1.29 is 4.79 Å². The molecule has 0 saturated heterocycles. The average molecular weight is 264 g/mol. The Kier molecular flexibility index (Phi) is 4.45. The van der Waals surface area contributed by atoms with Crippen molar-refractivity contribution in [3.8, 4) is 11.1 Å². The van der Waals surface area contributed by atoms with Crippen molar-refractivity contribution in [1.82, 2.24) is 10.3 Å². The van der Waals surface area contributed by atoms with Gasteiger partial charge in [-0.2, -0.15) is 0 Å². The minimum Gasteiger partial charge on any atom is -0.393 e. The van der Waals surface area contributed by atoms with Gasteiger partial charge in [-0.15, -0.1) is 0 Å². The summed E-state index contributed by atoms with van der Waals surface area (Å²) in [4.78, 5) is 16.4. The molecule has 0 radical (unpaired) electrons. The molecular weight excluding hydrogens is 248 g/mol. The fourth-order valence-electron chi connectivity index (χ4n) is 1.91. The summed E-state index contributed by atoms with van der Waals surface area (Å²) in [6, 6.07) is 11.3. The highest BCUT2D eigenvalue weighted by Gasteiger charge is 2.10. The van der Waals surface area contributed by atoms with Crippen molar-refractivity contribution in [2.75, 3.05) is 7.05 Å². The van der Waals surface area contributed by atoms with E-state index in [0.29, 0.717) is 11.1 Å². The van der Waals surface area contributed by atoms with E-state index in [1.807, 2.05) is 30.3 Å². The molecule has 2 rings (SSSR count). The van der Waals surface area contributed by atoms with Crippen molar-refractivity contribution in [1.29, 1.82) is 0 Å². The molecule has 1 aromatic carbocycles. The third-order valence-corrected chi connectivity index (χ3v) is 2.90. The Balaban J connectivity index is 2.38. The second kappa shape index (κ2) is 6.48. The van der Waals surface area contributed by atoms with E-state index < -0.39 is 0 Å². The summed E-state index contributed by atoms with van der Waals surface area (Å²) < 4.78 is 0. The first kappa shape index (κ1) is 13.7. The number of carbonyl (C=O) groups is 1. The minimum atomic E-state index is -0.0555. The van der Waals surface area contributed by atoms with Crippen LogP contribution in [0.15, 0.2) is 73.2 Å². The van der Waals surface area contributed by atoms with Crippen molar-refractivity contribution in [3.05, 3.63) is 78.8 Å². The number of Topliss-reactive ketones (excluding diaryl/α,β-unsaturated/α-hetero) is 1. The molecule has 0 spiro atoms. The Labute approximate surface area is 118 Å². The molecule has 0 amide bonds. The van der Waals surface area contributed by atoms with E-state index in [9.17, 15) is 4.79 Å². The molecule has 1 aromatic heterocycles. The van der Waals surface area contributed by atoms with Gasteiger partial charge in [-0.1, -0.05) is 36.9 Å². The van der Waals surface area contributed by atoms with E-state index in [1.54, 1.807) is 37.8 Å². The molecule has 20 heavy (non-hydrogen) atoms. The number of benzene rings is 1. The van der Waals surface area contributed by atoms with Crippen LogP contribution in [-0.2, 0) is 0 Å². The number of ketones is 1. The van der Waals surface area contributed by atoms with E-state index in [-0.39, 0.29) is 5.78 Å². The first-order valence-corrected chi connectivity index (χ1v) is 6.31. The van der Waals surface area contributed by atoms with E-state index >= 15 is 0 Å². The number of allylic oxidation sites excluding steroid dienone is 2. The summed E-state index contributed by atoms with van der Waals surface area (Å²) in [5, 5.41) is 2.85. The van der Waals surface area contributed by atoms with E-state index in [2.05, 4.69) is 16.9 Å². The Morgan fingerprint density at radius 1 is 1.25 bits per heavy atom. The minimum absolute atomic E-state index is 0.0555. The number of hydrogen-bond acceptors (Lipinski definition) is 3. The molecule has 2 aromatic rings. The van der Waals surface area contributed by atoms with E-state index in [0.717, 1.165) is 11.1 Å². The zero-order valence-electron chi connectivity index (χ0n) is 11.3. The summed E-state index contributed by atoms with van der Waals surface area (Å²) in [6.45, 7) is 3.67. The van der Waals surface area contributed by atoms with Crippen LogP contribution in [0.25, 0.3) is 11.1 Å². The highest BCUT2D eigenvalue weighted by molar-refractivity contribution is 6.10. The number of nitrogens with one attached hydrogen (secondary N) is 1. The molecule has 0 aliphatic rings. The van der Waals surface area contributed by atoms with Gasteiger partial charge in [-0.25, -0.2) is 0 Å². The topological polar surface area (TPSA) is 42.0 Å². The second-order valence-corrected chi connectivity index (χ2v) is 4.24. The Morgan fingerprint density at radius 3 is 2.70 bits per heavy atom. The fraction of sp³-hybridized carbons (Fsp3) is 0.0588. The molecule has 1 N–H and O–H groups in total. The van der Waals surface area contributed by atoms with Crippen molar-refractivity contribution >= 4 is 5.78 Å². The molecule has 100 valence electrons. The smallest absolute Gasteiger partial charge is 0.194 e. The molecule has 3 nitrogen and oxygen atoms in total. The predicted octanol–water partition coefficient (Wildman–Crippen LogP) is 3.22. The lowest BCUT2D eigenvalue weighted by molar-refractivity contribution is 0.103. The SMILES string of the molecule is C=C/C(=C\NC)C(=O)c1cccc(-c2cccnc2)c1. The second-order valence-electron chi connectivity index (χ2n) is 4.24. The normalized spacial score (nSPS) is 10.9. The summed E-state index contributed by atoms with van der Waals surface area (Å²) >= 11 is 0. The van der Waals surface area contributed by atoms with Gasteiger partial charge < -0.3 is 5.32 Å².